The first-order valence-corrected chi connectivity index (χ1v) is 12.1. The Morgan fingerprint density at radius 2 is 1.88 bits per heavy atom. The lowest BCUT2D eigenvalue weighted by Gasteiger charge is -2.24. The molecule has 3 aromatic rings. The number of aromatic nitrogens is 3. The molecule has 5 rings (SSSR count). The molecule has 2 aliphatic rings. The van der Waals surface area contributed by atoms with E-state index in [-0.39, 0.29) is 17.3 Å². The van der Waals surface area contributed by atoms with E-state index in [0.717, 1.165) is 31.4 Å². The first kappa shape index (κ1) is 22.0. The highest BCUT2D eigenvalue weighted by Crippen LogP contribution is 2.43. The van der Waals surface area contributed by atoms with Gasteiger partial charge in [0.05, 0.1) is 16.8 Å². The second-order valence-electron chi connectivity index (χ2n) is 9.38. The molecule has 2 aliphatic carbocycles. The molecule has 0 unspecified atom stereocenters. The standard InChI is InChI=1S/C25H29ClN4O3/c1-14-21(28-33-23(14)19-12-11-17(13-20(19)26)16-9-10-16)24(31)27-22-15(2)29(3)30(25(22)32)18-7-5-4-6-8-18/h11-13,16,18H,4-10H2,1-3H3,(H,27,31). The molecule has 2 fully saturated rings. The molecule has 7 nitrogen and oxygen atoms in total. The van der Waals surface area contributed by atoms with Gasteiger partial charge < -0.3 is 9.84 Å². The van der Waals surface area contributed by atoms with Crippen LogP contribution in [0.4, 0.5) is 5.69 Å². The molecule has 1 amide bonds. The average molecular weight is 469 g/mol. The van der Waals surface area contributed by atoms with Gasteiger partial charge in [0, 0.05) is 18.2 Å². The van der Waals surface area contributed by atoms with Crippen LogP contribution in [0.25, 0.3) is 11.3 Å². The van der Waals surface area contributed by atoms with Gasteiger partial charge in [-0.25, -0.2) is 4.68 Å². The second-order valence-corrected chi connectivity index (χ2v) is 9.79. The van der Waals surface area contributed by atoms with Gasteiger partial charge in [-0.3, -0.25) is 14.3 Å². The third-order valence-electron chi connectivity index (χ3n) is 7.18. The lowest BCUT2D eigenvalue weighted by Crippen LogP contribution is -2.29. The van der Waals surface area contributed by atoms with Crippen molar-refractivity contribution >= 4 is 23.2 Å². The SMILES string of the molecule is Cc1c(C(=O)Nc2c(C)n(C)n(C3CCCCC3)c2=O)noc1-c1ccc(C2CC2)cc1Cl. The summed E-state index contributed by atoms with van der Waals surface area (Å²) in [6, 6.07) is 6.12. The van der Waals surface area contributed by atoms with E-state index in [1.54, 1.807) is 11.6 Å². The van der Waals surface area contributed by atoms with Crippen molar-refractivity contribution in [2.24, 2.45) is 7.05 Å². The molecule has 1 aromatic carbocycles. The first-order valence-electron chi connectivity index (χ1n) is 11.7. The Morgan fingerprint density at radius 3 is 2.55 bits per heavy atom. The third-order valence-corrected chi connectivity index (χ3v) is 7.49. The maximum atomic E-state index is 13.2. The summed E-state index contributed by atoms with van der Waals surface area (Å²) < 4.78 is 9.18. The Labute approximate surface area is 197 Å². The normalized spacial score (nSPS) is 16.8. The van der Waals surface area contributed by atoms with E-state index in [0.29, 0.717) is 33.5 Å². The number of carbonyl (C=O) groups is 1. The molecule has 33 heavy (non-hydrogen) atoms. The van der Waals surface area contributed by atoms with Crippen molar-refractivity contribution in [2.75, 3.05) is 5.32 Å². The Morgan fingerprint density at radius 1 is 1.15 bits per heavy atom. The van der Waals surface area contributed by atoms with Crippen LogP contribution in [0.15, 0.2) is 27.5 Å². The highest BCUT2D eigenvalue weighted by atomic mass is 35.5. The topological polar surface area (TPSA) is 82.1 Å². The zero-order valence-corrected chi connectivity index (χ0v) is 20.0. The van der Waals surface area contributed by atoms with Crippen molar-refractivity contribution in [3.8, 4) is 11.3 Å². The number of nitrogens with zero attached hydrogens (tertiary/aromatic N) is 3. The van der Waals surface area contributed by atoms with Gasteiger partial charge in [0.15, 0.2) is 11.5 Å². The van der Waals surface area contributed by atoms with Crippen molar-refractivity contribution in [1.29, 1.82) is 0 Å². The lowest BCUT2D eigenvalue weighted by atomic mass is 9.96. The van der Waals surface area contributed by atoms with E-state index in [4.69, 9.17) is 16.1 Å². The number of anilines is 1. The zero-order chi connectivity index (χ0) is 23.3. The largest absolute Gasteiger partial charge is 0.355 e. The molecule has 0 atom stereocenters. The summed E-state index contributed by atoms with van der Waals surface area (Å²) in [5, 5.41) is 7.40. The number of benzene rings is 1. The molecule has 2 heterocycles. The first-order chi connectivity index (χ1) is 15.9. The Hall–Kier alpha value is -2.80. The maximum absolute atomic E-state index is 13.2. The minimum Gasteiger partial charge on any atom is -0.355 e. The van der Waals surface area contributed by atoms with Gasteiger partial charge in [0.2, 0.25) is 0 Å². The highest BCUT2D eigenvalue weighted by molar-refractivity contribution is 6.33. The van der Waals surface area contributed by atoms with Gasteiger partial charge >= 0.3 is 0 Å². The van der Waals surface area contributed by atoms with Crippen LogP contribution in [-0.4, -0.2) is 20.4 Å². The van der Waals surface area contributed by atoms with Gasteiger partial charge in [-0.05, 0) is 63.1 Å². The summed E-state index contributed by atoms with van der Waals surface area (Å²) in [6.07, 6.45) is 7.81. The highest BCUT2D eigenvalue weighted by Gasteiger charge is 2.28. The fourth-order valence-electron chi connectivity index (χ4n) is 4.97. The van der Waals surface area contributed by atoms with Crippen LogP contribution < -0.4 is 10.9 Å². The Kier molecular flexibility index (Phi) is 5.69. The number of rotatable bonds is 5. The van der Waals surface area contributed by atoms with Gasteiger partial charge in [-0.1, -0.05) is 42.1 Å². The predicted octanol–water partition coefficient (Wildman–Crippen LogP) is 5.75. The molecule has 2 aromatic heterocycles. The van der Waals surface area contributed by atoms with Crippen molar-refractivity contribution in [2.45, 2.75) is 70.8 Å². The van der Waals surface area contributed by atoms with Crippen LogP contribution in [-0.2, 0) is 7.05 Å². The average Bonchev–Trinajstić information content (AvgIpc) is 3.56. The molecule has 0 radical (unpaired) electrons. The minimum atomic E-state index is -0.463. The lowest BCUT2D eigenvalue weighted by molar-refractivity contribution is 0.101. The van der Waals surface area contributed by atoms with Crippen LogP contribution >= 0.6 is 11.6 Å². The van der Waals surface area contributed by atoms with Crippen molar-refractivity contribution < 1.29 is 9.32 Å². The molecule has 0 aliphatic heterocycles. The van der Waals surface area contributed by atoms with Gasteiger partial charge in [0.25, 0.3) is 11.5 Å². The van der Waals surface area contributed by atoms with Crippen LogP contribution in [0.3, 0.4) is 0 Å². The maximum Gasteiger partial charge on any atom is 0.291 e. The summed E-state index contributed by atoms with van der Waals surface area (Å²) in [7, 11) is 1.87. The minimum absolute atomic E-state index is 0.152. The van der Waals surface area contributed by atoms with E-state index in [1.807, 2.05) is 30.8 Å². The molecular weight excluding hydrogens is 440 g/mol. The van der Waals surface area contributed by atoms with E-state index in [9.17, 15) is 9.59 Å². The summed E-state index contributed by atoms with van der Waals surface area (Å²) in [4.78, 5) is 26.3. The van der Waals surface area contributed by atoms with E-state index >= 15 is 0 Å². The molecule has 0 saturated heterocycles. The van der Waals surface area contributed by atoms with Gasteiger partial charge in [-0.15, -0.1) is 0 Å². The van der Waals surface area contributed by atoms with Gasteiger partial charge in [0.1, 0.15) is 5.69 Å². The number of hydrogen-bond acceptors (Lipinski definition) is 4. The number of hydrogen-bond donors (Lipinski definition) is 1. The molecule has 174 valence electrons. The summed E-state index contributed by atoms with van der Waals surface area (Å²) in [5.41, 5.74) is 3.53. The van der Waals surface area contributed by atoms with Crippen molar-refractivity contribution in [1.82, 2.24) is 14.5 Å². The molecule has 1 N–H and O–H groups in total. The summed E-state index contributed by atoms with van der Waals surface area (Å²) in [6.45, 7) is 3.63. The molecule has 0 spiro atoms. The summed E-state index contributed by atoms with van der Waals surface area (Å²) in [5.74, 6) is 0.604. The number of carbonyl (C=O) groups excluding carboxylic acids is 1. The van der Waals surface area contributed by atoms with E-state index in [2.05, 4.69) is 16.5 Å². The number of amides is 1. The Balaban J connectivity index is 1.41. The fraction of sp³-hybridized carbons (Fsp3) is 0.480. The Bertz CT molecular complexity index is 1280. The van der Waals surface area contributed by atoms with E-state index < -0.39 is 5.91 Å². The predicted molar refractivity (Wildman–Crippen MR) is 128 cm³/mol. The molecule has 8 heteroatoms. The monoisotopic (exact) mass is 468 g/mol. The van der Waals surface area contributed by atoms with Gasteiger partial charge in [-0.2, -0.15) is 0 Å². The number of halogens is 1. The second kappa shape index (κ2) is 8.52. The van der Waals surface area contributed by atoms with Crippen LogP contribution in [0.2, 0.25) is 5.02 Å². The number of nitrogens with one attached hydrogen (secondary N) is 1. The van der Waals surface area contributed by atoms with Crippen molar-refractivity contribution in [3.63, 3.8) is 0 Å². The zero-order valence-electron chi connectivity index (χ0n) is 19.3. The van der Waals surface area contributed by atoms with Crippen LogP contribution in [0.5, 0.6) is 0 Å². The quantitative estimate of drug-likeness (QED) is 0.517. The van der Waals surface area contributed by atoms with Crippen molar-refractivity contribution in [3.05, 3.63) is 56.1 Å². The van der Waals surface area contributed by atoms with E-state index in [1.165, 1.54) is 24.8 Å². The van der Waals surface area contributed by atoms with Crippen LogP contribution in [0.1, 0.15) is 84.2 Å². The van der Waals surface area contributed by atoms with Crippen LogP contribution in [0, 0.1) is 13.8 Å². The third kappa shape index (κ3) is 3.92. The fourth-order valence-corrected chi connectivity index (χ4v) is 5.24. The smallest absolute Gasteiger partial charge is 0.291 e. The summed E-state index contributed by atoms with van der Waals surface area (Å²) >= 11 is 6.53. The molecule has 0 bridgehead atoms. The molecule has 2 saturated carbocycles. The molecular formula is C25H29ClN4O3.